The zero-order valence-electron chi connectivity index (χ0n) is 14.3. The van der Waals surface area contributed by atoms with E-state index < -0.39 is 0 Å². The smallest absolute Gasteiger partial charge is 0.410 e. The molecule has 0 spiro atoms. The first kappa shape index (κ1) is 16.4. The van der Waals surface area contributed by atoms with E-state index in [1.807, 2.05) is 12.1 Å². The normalized spacial score (nSPS) is 16.2. The Morgan fingerprint density at radius 2 is 2.23 bits per heavy atom. The van der Waals surface area contributed by atoms with Gasteiger partial charge < -0.3 is 14.7 Å². The Labute approximate surface area is 151 Å². The van der Waals surface area contributed by atoms with Gasteiger partial charge in [-0.25, -0.2) is 9.78 Å². The molecule has 1 aliphatic carbocycles. The monoisotopic (exact) mass is 352 g/mol. The molecule has 0 bridgehead atoms. The van der Waals surface area contributed by atoms with Crippen LogP contribution in [0.4, 0.5) is 4.79 Å². The van der Waals surface area contributed by atoms with Gasteiger partial charge in [0.1, 0.15) is 6.61 Å². The molecule has 2 aromatic heterocycles. The molecule has 7 nitrogen and oxygen atoms in total. The number of aromatic nitrogens is 3. The van der Waals surface area contributed by atoms with Crippen molar-refractivity contribution in [3.8, 4) is 11.7 Å². The summed E-state index contributed by atoms with van der Waals surface area (Å²) in [4.78, 5) is 18.2. The van der Waals surface area contributed by atoms with Gasteiger partial charge in [0.05, 0.1) is 12.2 Å². The molecule has 1 N–H and O–H groups in total. The van der Waals surface area contributed by atoms with Gasteiger partial charge in [-0.05, 0) is 37.0 Å². The van der Waals surface area contributed by atoms with Crippen LogP contribution in [0.15, 0.2) is 48.2 Å². The fourth-order valence-electron chi connectivity index (χ4n) is 3.18. The highest BCUT2D eigenvalue weighted by molar-refractivity contribution is 5.68. The lowest BCUT2D eigenvalue weighted by Crippen LogP contribution is -2.36. The van der Waals surface area contributed by atoms with Crippen LogP contribution in [0, 0.1) is 0 Å². The molecule has 0 atom stereocenters. The lowest BCUT2D eigenvalue weighted by molar-refractivity contribution is 0.105. The van der Waals surface area contributed by atoms with Gasteiger partial charge in [-0.2, -0.15) is 9.78 Å². The quantitative estimate of drug-likeness (QED) is 0.919. The molecule has 7 heteroatoms. The minimum Gasteiger partial charge on any atom is -0.493 e. The van der Waals surface area contributed by atoms with E-state index in [-0.39, 0.29) is 18.6 Å². The molecule has 2 aliphatic rings. The van der Waals surface area contributed by atoms with Gasteiger partial charge in [0.2, 0.25) is 5.88 Å². The Balaban J connectivity index is 1.45. The average molecular weight is 352 g/mol. The van der Waals surface area contributed by atoms with Crippen LogP contribution in [0.2, 0.25) is 0 Å². The van der Waals surface area contributed by atoms with Crippen molar-refractivity contribution >= 4 is 6.09 Å². The van der Waals surface area contributed by atoms with Gasteiger partial charge in [0.15, 0.2) is 5.82 Å². The molecule has 134 valence electrons. The second kappa shape index (κ2) is 7.03. The van der Waals surface area contributed by atoms with Crippen LogP contribution in [0.25, 0.3) is 5.82 Å². The number of pyridine rings is 1. The summed E-state index contributed by atoms with van der Waals surface area (Å²) >= 11 is 0. The van der Waals surface area contributed by atoms with Crippen molar-refractivity contribution in [2.45, 2.75) is 25.8 Å². The Hall–Kier alpha value is -3.09. The van der Waals surface area contributed by atoms with Crippen molar-refractivity contribution in [3.63, 3.8) is 0 Å². The van der Waals surface area contributed by atoms with Crippen molar-refractivity contribution in [2.24, 2.45) is 0 Å². The van der Waals surface area contributed by atoms with Gasteiger partial charge in [-0.15, -0.1) is 0 Å². The number of allylic oxidation sites excluding steroid dienone is 2. The molecule has 0 saturated heterocycles. The zero-order valence-corrected chi connectivity index (χ0v) is 14.3. The highest BCUT2D eigenvalue weighted by Crippen LogP contribution is 2.29. The number of aromatic hydroxyl groups is 1. The molecule has 0 saturated carbocycles. The van der Waals surface area contributed by atoms with E-state index in [2.05, 4.69) is 22.2 Å². The summed E-state index contributed by atoms with van der Waals surface area (Å²) in [7, 11) is 0. The van der Waals surface area contributed by atoms with Crippen LogP contribution in [0.1, 0.15) is 24.1 Å². The first-order valence-corrected chi connectivity index (χ1v) is 8.71. The molecule has 26 heavy (non-hydrogen) atoms. The molecular formula is C19H20N4O3. The molecule has 0 fully saturated rings. The molecule has 4 rings (SSSR count). The summed E-state index contributed by atoms with van der Waals surface area (Å²) in [6.45, 7) is 1.09. The zero-order chi connectivity index (χ0) is 17.9. The summed E-state index contributed by atoms with van der Waals surface area (Å²) in [6.07, 6.45) is 10.0. The van der Waals surface area contributed by atoms with Crippen LogP contribution in [-0.4, -0.2) is 44.0 Å². The second-order valence-electron chi connectivity index (χ2n) is 6.33. The number of carbonyl (C=O) groups excluding carboxylic acids is 1. The number of amides is 1. The Morgan fingerprint density at radius 1 is 1.31 bits per heavy atom. The Kier molecular flexibility index (Phi) is 4.43. The summed E-state index contributed by atoms with van der Waals surface area (Å²) in [6, 6.07) is 5.41. The third kappa shape index (κ3) is 3.20. The number of nitrogens with zero attached hydrogens (tertiary/aromatic N) is 4. The van der Waals surface area contributed by atoms with E-state index in [9.17, 15) is 9.90 Å². The van der Waals surface area contributed by atoms with Crippen LogP contribution >= 0.6 is 0 Å². The van der Waals surface area contributed by atoms with E-state index >= 15 is 0 Å². The maximum absolute atomic E-state index is 12.4. The Morgan fingerprint density at radius 3 is 3.00 bits per heavy atom. The van der Waals surface area contributed by atoms with Crippen LogP contribution in [0.3, 0.4) is 0 Å². The highest BCUT2D eigenvalue weighted by atomic mass is 16.6. The topological polar surface area (TPSA) is 80.5 Å². The fourth-order valence-corrected chi connectivity index (χ4v) is 3.18. The predicted octanol–water partition coefficient (Wildman–Crippen LogP) is 2.74. The fraction of sp³-hybridized carbons (Fsp3) is 0.316. The lowest BCUT2D eigenvalue weighted by Gasteiger charge is -2.25. The molecule has 0 radical (unpaired) electrons. The number of fused-ring (bicyclic) bond motifs is 1. The number of carbonyl (C=O) groups is 1. The summed E-state index contributed by atoms with van der Waals surface area (Å²) in [5.74, 6) is 0.633. The minimum atomic E-state index is -0.359. The molecular weight excluding hydrogens is 332 g/mol. The number of hydrogen-bond acceptors (Lipinski definition) is 5. The van der Waals surface area contributed by atoms with Crippen LogP contribution < -0.4 is 0 Å². The SMILES string of the molecule is O=C(OCC1=CCCC=C1)N1CCc2c(nn(-c3ccccn3)c2O)C1. The third-order valence-corrected chi connectivity index (χ3v) is 4.57. The van der Waals surface area contributed by atoms with E-state index in [0.29, 0.717) is 31.0 Å². The van der Waals surface area contributed by atoms with Crippen molar-refractivity contribution in [3.05, 3.63) is 59.5 Å². The standard InChI is InChI=1S/C19H20N4O3/c24-18-15-9-11-22(19(25)26-13-14-6-2-1-3-7-14)12-16(15)21-23(18)17-8-4-5-10-20-17/h2,4-8,10,24H,1,3,9,11-13H2. The van der Waals surface area contributed by atoms with Crippen molar-refractivity contribution in [1.82, 2.24) is 19.7 Å². The van der Waals surface area contributed by atoms with Gasteiger partial charge in [0, 0.05) is 18.3 Å². The molecule has 1 aliphatic heterocycles. The average Bonchev–Trinajstić information content (AvgIpc) is 3.03. The van der Waals surface area contributed by atoms with Crippen molar-refractivity contribution in [2.75, 3.05) is 13.2 Å². The second-order valence-corrected chi connectivity index (χ2v) is 6.33. The van der Waals surface area contributed by atoms with Crippen LogP contribution in [-0.2, 0) is 17.7 Å². The summed E-state index contributed by atoms with van der Waals surface area (Å²) in [5.41, 5.74) is 2.46. The van der Waals surface area contributed by atoms with Crippen molar-refractivity contribution in [1.29, 1.82) is 0 Å². The van der Waals surface area contributed by atoms with Gasteiger partial charge in [-0.1, -0.05) is 24.3 Å². The minimum absolute atomic E-state index is 0.0872. The number of hydrogen-bond donors (Lipinski definition) is 1. The summed E-state index contributed by atoms with van der Waals surface area (Å²) in [5, 5.41) is 14.9. The van der Waals surface area contributed by atoms with E-state index in [1.165, 1.54) is 4.68 Å². The highest BCUT2D eigenvalue weighted by Gasteiger charge is 2.28. The largest absolute Gasteiger partial charge is 0.493 e. The van der Waals surface area contributed by atoms with Crippen LogP contribution in [0.5, 0.6) is 5.88 Å². The van der Waals surface area contributed by atoms with Crippen molar-refractivity contribution < 1.29 is 14.6 Å². The van der Waals surface area contributed by atoms with Gasteiger partial charge >= 0.3 is 6.09 Å². The van der Waals surface area contributed by atoms with Gasteiger partial charge in [0.25, 0.3) is 0 Å². The van der Waals surface area contributed by atoms with E-state index in [0.717, 1.165) is 24.0 Å². The molecule has 3 heterocycles. The molecule has 0 unspecified atom stereocenters. The summed E-state index contributed by atoms with van der Waals surface area (Å²) < 4.78 is 6.83. The first-order chi connectivity index (χ1) is 12.7. The maximum atomic E-state index is 12.4. The predicted molar refractivity (Wildman–Crippen MR) is 94.9 cm³/mol. The van der Waals surface area contributed by atoms with E-state index in [4.69, 9.17) is 4.74 Å². The number of rotatable bonds is 3. The first-order valence-electron chi connectivity index (χ1n) is 8.71. The lowest BCUT2D eigenvalue weighted by atomic mass is 10.1. The maximum Gasteiger partial charge on any atom is 0.410 e. The Bertz CT molecular complexity index is 870. The third-order valence-electron chi connectivity index (χ3n) is 4.57. The molecule has 2 aromatic rings. The molecule has 0 aromatic carbocycles. The number of ether oxygens (including phenoxy) is 1. The van der Waals surface area contributed by atoms with Gasteiger partial charge in [-0.3, -0.25) is 0 Å². The van der Waals surface area contributed by atoms with E-state index in [1.54, 1.807) is 23.2 Å². The molecule has 1 amide bonds.